The monoisotopic (exact) mass is 258 g/mol. The van der Waals surface area contributed by atoms with Crippen molar-refractivity contribution < 1.29 is 9.69 Å². The Bertz CT molecular complexity index is 471. The average Bonchev–Trinajstić information content (AvgIpc) is 2.36. The first-order valence-electron chi connectivity index (χ1n) is 7.17. The largest absolute Gasteiger partial charge is 0.339 e. The molecule has 0 bridgehead atoms. The number of carbonyl (C=O) groups excluding carboxylic acids is 1. The minimum Gasteiger partial charge on any atom is -0.339 e. The van der Waals surface area contributed by atoms with E-state index in [0.717, 1.165) is 36.9 Å². The first-order valence-corrected chi connectivity index (χ1v) is 7.17. The third-order valence-corrected chi connectivity index (χ3v) is 3.76. The number of benzene rings is 1. The van der Waals surface area contributed by atoms with Crippen LogP contribution in [0.5, 0.6) is 0 Å². The number of nitrogens with one attached hydrogen (secondary N) is 1. The second-order valence-corrected chi connectivity index (χ2v) is 5.94. The maximum absolute atomic E-state index is 12.5. The Morgan fingerprint density at radius 2 is 1.95 bits per heavy atom. The predicted octanol–water partition coefficient (Wildman–Crippen LogP) is 1.89. The van der Waals surface area contributed by atoms with Gasteiger partial charge in [-0.3, -0.25) is 4.79 Å². The van der Waals surface area contributed by atoms with Gasteiger partial charge in [-0.05, 0) is 43.4 Å². The number of carbonyl (C=O) groups is 1. The minimum absolute atomic E-state index is 0.218. The summed E-state index contributed by atoms with van der Waals surface area (Å²) in [5, 5.41) is 0. The zero-order chi connectivity index (χ0) is 13.8. The predicted molar refractivity (Wildman–Crippen MR) is 79.2 cm³/mol. The highest BCUT2D eigenvalue weighted by molar-refractivity contribution is 6.01. The Balaban J connectivity index is 2.14. The molecule has 2 heteroatoms. The smallest absolute Gasteiger partial charge is 0.167 e. The number of hydrogen-bond donors (Lipinski definition) is 1. The van der Waals surface area contributed by atoms with Gasteiger partial charge >= 0.3 is 0 Å². The fourth-order valence-electron chi connectivity index (χ4n) is 2.75. The minimum atomic E-state index is 0.218. The zero-order valence-corrected chi connectivity index (χ0v) is 12.2. The number of allylic oxidation sites excluding steroid dienone is 1. The van der Waals surface area contributed by atoms with Gasteiger partial charge in [0.2, 0.25) is 0 Å². The molecule has 0 radical (unpaired) electrons. The topological polar surface area (TPSA) is 21.5 Å². The molecule has 2 rings (SSSR count). The summed E-state index contributed by atoms with van der Waals surface area (Å²) in [6.45, 7) is 3.03. The Hall–Kier alpha value is -1.41. The molecule has 1 aliphatic carbocycles. The van der Waals surface area contributed by atoms with E-state index in [1.165, 1.54) is 10.5 Å². The molecule has 1 saturated carbocycles. The van der Waals surface area contributed by atoms with Crippen molar-refractivity contribution >= 4 is 11.9 Å². The van der Waals surface area contributed by atoms with Crippen molar-refractivity contribution in [3.05, 3.63) is 41.0 Å². The number of quaternary nitrogens is 1. The third kappa shape index (κ3) is 3.77. The van der Waals surface area contributed by atoms with Crippen LogP contribution in [0.2, 0.25) is 0 Å². The van der Waals surface area contributed by atoms with Crippen molar-refractivity contribution in [3.63, 3.8) is 0 Å². The van der Waals surface area contributed by atoms with E-state index in [0.29, 0.717) is 5.78 Å². The van der Waals surface area contributed by atoms with Gasteiger partial charge in [0, 0.05) is 0 Å². The number of aryl methyl sites for hydroxylation is 1. The lowest BCUT2D eigenvalue weighted by molar-refractivity contribution is -0.860. The van der Waals surface area contributed by atoms with Crippen LogP contribution >= 0.6 is 0 Å². The molecule has 1 aromatic rings. The van der Waals surface area contributed by atoms with Crippen LogP contribution in [0.25, 0.3) is 6.08 Å². The second kappa shape index (κ2) is 6.16. The van der Waals surface area contributed by atoms with Gasteiger partial charge in [0.25, 0.3) is 0 Å². The molecule has 0 heterocycles. The van der Waals surface area contributed by atoms with E-state index in [1.807, 2.05) is 0 Å². The lowest BCUT2D eigenvalue weighted by Crippen LogP contribution is -3.06. The van der Waals surface area contributed by atoms with Gasteiger partial charge in [0.1, 0.15) is 0 Å². The summed E-state index contributed by atoms with van der Waals surface area (Å²) in [5.74, 6) is 0.587. The summed E-state index contributed by atoms with van der Waals surface area (Å²) >= 11 is 0. The maximum atomic E-state index is 12.5. The molecule has 0 aliphatic heterocycles. The SMILES string of the molecule is Cc1ccc(/C=C2\CCC[C@H](C[NH+](C)C)C2=O)cc1. The van der Waals surface area contributed by atoms with Gasteiger partial charge in [-0.1, -0.05) is 29.8 Å². The fraction of sp³-hybridized carbons (Fsp3) is 0.471. The van der Waals surface area contributed by atoms with Gasteiger partial charge in [-0.2, -0.15) is 0 Å². The van der Waals surface area contributed by atoms with Gasteiger partial charge < -0.3 is 4.90 Å². The molecular formula is C17H24NO+. The van der Waals surface area contributed by atoms with Gasteiger partial charge in [-0.15, -0.1) is 0 Å². The highest BCUT2D eigenvalue weighted by Gasteiger charge is 2.28. The highest BCUT2D eigenvalue weighted by atomic mass is 16.1. The van der Waals surface area contributed by atoms with E-state index < -0.39 is 0 Å². The van der Waals surface area contributed by atoms with Crippen molar-refractivity contribution in [2.45, 2.75) is 26.2 Å². The van der Waals surface area contributed by atoms with E-state index in [4.69, 9.17) is 0 Å². The maximum Gasteiger partial charge on any atom is 0.167 e. The summed E-state index contributed by atoms with van der Waals surface area (Å²) in [5.41, 5.74) is 3.42. The molecule has 0 saturated heterocycles. The molecule has 0 amide bonds. The average molecular weight is 258 g/mol. The Kier molecular flexibility index (Phi) is 4.54. The van der Waals surface area contributed by atoms with Crippen LogP contribution in [0.3, 0.4) is 0 Å². The van der Waals surface area contributed by atoms with Crippen molar-refractivity contribution in [2.75, 3.05) is 20.6 Å². The number of Topliss-reactive ketones (excluding diaryl/α,β-unsaturated/α-hetero) is 1. The molecule has 2 nitrogen and oxygen atoms in total. The Morgan fingerprint density at radius 3 is 2.58 bits per heavy atom. The van der Waals surface area contributed by atoms with Crippen molar-refractivity contribution in [1.82, 2.24) is 0 Å². The van der Waals surface area contributed by atoms with Crippen LogP contribution in [-0.4, -0.2) is 26.4 Å². The number of rotatable bonds is 3. The molecule has 102 valence electrons. The van der Waals surface area contributed by atoms with E-state index in [9.17, 15) is 4.79 Å². The van der Waals surface area contributed by atoms with Crippen LogP contribution in [-0.2, 0) is 4.79 Å². The van der Waals surface area contributed by atoms with Gasteiger partial charge in [0.05, 0.1) is 26.6 Å². The van der Waals surface area contributed by atoms with Gasteiger partial charge in [0.15, 0.2) is 5.78 Å². The summed E-state index contributed by atoms with van der Waals surface area (Å²) in [6.07, 6.45) is 5.21. The molecule has 0 spiro atoms. The first-order chi connectivity index (χ1) is 9.06. The van der Waals surface area contributed by atoms with Crippen molar-refractivity contribution in [2.24, 2.45) is 5.92 Å². The summed E-state index contributed by atoms with van der Waals surface area (Å²) in [7, 11) is 4.23. The molecule has 1 fully saturated rings. The third-order valence-electron chi connectivity index (χ3n) is 3.76. The van der Waals surface area contributed by atoms with E-state index >= 15 is 0 Å². The zero-order valence-electron chi connectivity index (χ0n) is 12.2. The fourth-order valence-corrected chi connectivity index (χ4v) is 2.75. The van der Waals surface area contributed by atoms with E-state index in [1.54, 1.807) is 0 Å². The van der Waals surface area contributed by atoms with Crippen LogP contribution in [0, 0.1) is 12.8 Å². The first kappa shape index (κ1) is 14.0. The molecule has 1 N–H and O–H groups in total. The lowest BCUT2D eigenvalue weighted by atomic mass is 9.83. The summed E-state index contributed by atoms with van der Waals surface area (Å²) in [4.78, 5) is 13.8. The Labute approximate surface area is 116 Å². The van der Waals surface area contributed by atoms with E-state index in [-0.39, 0.29) is 5.92 Å². The second-order valence-electron chi connectivity index (χ2n) is 5.94. The summed E-state index contributed by atoms with van der Waals surface area (Å²) < 4.78 is 0. The lowest BCUT2D eigenvalue weighted by Gasteiger charge is -2.23. The standard InChI is InChI=1S/C17H23NO/c1-13-7-9-14(10-8-13)11-15-5-4-6-16(17(15)19)12-18(2)3/h7-11,16H,4-6,12H2,1-3H3/p+1/b15-11+/t16-/m1/s1. The van der Waals surface area contributed by atoms with Crippen molar-refractivity contribution in [1.29, 1.82) is 0 Å². The number of ketones is 1. The molecule has 0 unspecified atom stereocenters. The van der Waals surface area contributed by atoms with E-state index in [2.05, 4.69) is 51.4 Å². The number of hydrogen-bond acceptors (Lipinski definition) is 1. The molecular weight excluding hydrogens is 234 g/mol. The van der Waals surface area contributed by atoms with Crippen LogP contribution in [0.15, 0.2) is 29.8 Å². The van der Waals surface area contributed by atoms with Gasteiger partial charge in [-0.25, -0.2) is 0 Å². The van der Waals surface area contributed by atoms with Crippen LogP contribution in [0.4, 0.5) is 0 Å². The quantitative estimate of drug-likeness (QED) is 0.822. The normalized spacial score (nSPS) is 22.2. The molecule has 1 aliphatic rings. The molecule has 19 heavy (non-hydrogen) atoms. The Morgan fingerprint density at radius 1 is 1.26 bits per heavy atom. The molecule has 0 aromatic heterocycles. The van der Waals surface area contributed by atoms with Crippen LogP contribution < -0.4 is 4.90 Å². The molecule has 1 atom stereocenters. The molecule has 1 aromatic carbocycles. The summed E-state index contributed by atoms with van der Waals surface area (Å²) in [6, 6.07) is 8.38. The van der Waals surface area contributed by atoms with Crippen molar-refractivity contribution in [3.8, 4) is 0 Å². The highest BCUT2D eigenvalue weighted by Crippen LogP contribution is 2.26. The van der Waals surface area contributed by atoms with Crippen LogP contribution in [0.1, 0.15) is 30.4 Å².